The Bertz CT molecular complexity index is 422. The van der Waals surface area contributed by atoms with Gasteiger partial charge < -0.3 is 10.2 Å². The second-order valence-electron chi connectivity index (χ2n) is 9.22. The Kier molecular flexibility index (Phi) is 3.25. The van der Waals surface area contributed by atoms with Crippen LogP contribution in [-0.2, 0) is 0 Å². The molecule has 4 rings (SSSR count). The molecule has 0 radical (unpaired) electrons. The van der Waals surface area contributed by atoms with Gasteiger partial charge in [0.1, 0.15) is 0 Å². The summed E-state index contributed by atoms with van der Waals surface area (Å²) in [6.45, 7) is 4.90. The molecule has 8 atom stereocenters. The second kappa shape index (κ2) is 4.71. The van der Waals surface area contributed by atoms with Crippen LogP contribution in [-0.4, -0.2) is 22.4 Å². The lowest BCUT2D eigenvalue weighted by molar-refractivity contribution is -0.133. The second-order valence-corrected chi connectivity index (χ2v) is 9.22. The molecular weight excluding hydrogens is 260 g/mol. The zero-order valence-electron chi connectivity index (χ0n) is 13.7. The summed E-state index contributed by atoms with van der Waals surface area (Å²) in [6, 6.07) is 0. The Morgan fingerprint density at radius 3 is 2.29 bits per heavy atom. The van der Waals surface area contributed by atoms with Gasteiger partial charge in [0, 0.05) is 0 Å². The van der Waals surface area contributed by atoms with Gasteiger partial charge >= 0.3 is 0 Å². The highest BCUT2D eigenvalue weighted by molar-refractivity contribution is 5.09. The highest BCUT2D eigenvalue weighted by Crippen LogP contribution is 2.66. The summed E-state index contributed by atoms with van der Waals surface area (Å²) < 4.78 is 0. The van der Waals surface area contributed by atoms with E-state index in [9.17, 15) is 10.2 Å². The van der Waals surface area contributed by atoms with Crippen LogP contribution in [0.3, 0.4) is 0 Å². The summed E-state index contributed by atoms with van der Waals surface area (Å²) in [5, 5.41) is 20.5. The van der Waals surface area contributed by atoms with Gasteiger partial charge in [0.05, 0.1) is 12.2 Å². The normalized spacial score (nSPS) is 60.0. The van der Waals surface area contributed by atoms with Crippen LogP contribution in [0.4, 0.5) is 0 Å². The van der Waals surface area contributed by atoms with Crippen LogP contribution >= 0.6 is 0 Å². The van der Waals surface area contributed by atoms with Gasteiger partial charge in [0.2, 0.25) is 0 Å². The minimum Gasteiger partial charge on any atom is -0.393 e. The van der Waals surface area contributed by atoms with Crippen molar-refractivity contribution in [3.63, 3.8) is 0 Å². The van der Waals surface area contributed by atoms with E-state index in [1.54, 1.807) is 0 Å². The van der Waals surface area contributed by atoms with Gasteiger partial charge in [0.15, 0.2) is 0 Å². The molecular formula is C19H32O2. The third kappa shape index (κ3) is 1.91. The van der Waals surface area contributed by atoms with E-state index < -0.39 is 0 Å². The van der Waals surface area contributed by atoms with Crippen LogP contribution < -0.4 is 0 Å². The lowest BCUT2D eigenvalue weighted by Gasteiger charge is -2.60. The van der Waals surface area contributed by atoms with E-state index in [0.717, 1.165) is 42.9 Å². The monoisotopic (exact) mass is 292 g/mol. The molecule has 0 aromatic rings. The number of fused-ring (bicyclic) bond motifs is 5. The van der Waals surface area contributed by atoms with E-state index in [-0.39, 0.29) is 17.6 Å². The van der Waals surface area contributed by atoms with Crippen molar-refractivity contribution in [2.75, 3.05) is 0 Å². The molecule has 120 valence electrons. The fourth-order valence-electron chi connectivity index (χ4n) is 7.21. The lowest BCUT2D eigenvalue weighted by Crippen LogP contribution is -2.54. The van der Waals surface area contributed by atoms with Crippen LogP contribution in [0.5, 0.6) is 0 Å². The van der Waals surface area contributed by atoms with Crippen molar-refractivity contribution in [1.29, 1.82) is 0 Å². The van der Waals surface area contributed by atoms with E-state index in [2.05, 4.69) is 13.8 Å². The first-order valence-corrected chi connectivity index (χ1v) is 9.31. The number of rotatable bonds is 0. The SMILES string of the molecule is C[C@]12CC[C@@H](O)C[C@@H]1CC[C@H]1[C@H]2CC[C@@]2(C)[C@@H]1CC[C@@H]2O. The van der Waals surface area contributed by atoms with Crippen LogP contribution in [0.2, 0.25) is 0 Å². The molecule has 2 nitrogen and oxygen atoms in total. The van der Waals surface area contributed by atoms with E-state index >= 15 is 0 Å². The summed E-state index contributed by atoms with van der Waals surface area (Å²) in [5.41, 5.74) is 0.676. The average molecular weight is 292 g/mol. The predicted octanol–water partition coefficient (Wildman–Crippen LogP) is 3.75. The van der Waals surface area contributed by atoms with Crippen molar-refractivity contribution in [2.45, 2.75) is 83.8 Å². The maximum atomic E-state index is 10.5. The Labute approximate surface area is 129 Å². The molecule has 4 saturated carbocycles. The number of hydrogen-bond acceptors (Lipinski definition) is 2. The maximum Gasteiger partial charge on any atom is 0.0596 e. The Balaban J connectivity index is 1.62. The zero-order chi connectivity index (χ0) is 14.8. The molecule has 0 amide bonds. The molecule has 0 aromatic heterocycles. The third-order valence-electron chi connectivity index (χ3n) is 8.59. The standard InChI is InChI=1S/C19H32O2/c1-18-9-7-13(20)11-12(18)3-4-14-15-5-6-17(21)19(15,2)10-8-16(14)18/h12-17,20-21H,3-11H2,1-2H3/t12-,13+,14+,15+,16+,17-,18-,19-/m0/s1. The van der Waals surface area contributed by atoms with Gasteiger partial charge in [-0.3, -0.25) is 0 Å². The fourth-order valence-corrected chi connectivity index (χ4v) is 7.21. The summed E-state index contributed by atoms with van der Waals surface area (Å²) >= 11 is 0. The molecule has 0 aliphatic heterocycles. The first-order valence-electron chi connectivity index (χ1n) is 9.31. The van der Waals surface area contributed by atoms with Gasteiger partial charge in [-0.25, -0.2) is 0 Å². The average Bonchev–Trinajstić information content (AvgIpc) is 2.76. The largest absolute Gasteiger partial charge is 0.393 e. The summed E-state index contributed by atoms with van der Waals surface area (Å²) in [6.07, 6.45) is 10.7. The number of aliphatic hydroxyl groups excluding tert-OH is 2. The first kappa shape index (κ1) is 14.5. The predicted molar refractivity (Wildman–Crippen MR) is 83.7 cm³/mol. The summed E-state index contributed by atoms with van der Waals surface area (Å²) in [7, 11) is 0. The smallest absolute Gasteiger partial charge is 0.0596 e. The van der Waals surface area contributed by atoms with Gasteiger partial charge in [-0.2, -0.15) is 0 Å². The molecule has 0 saturated heterocycles. The van der Waals surface area contributed by atoms with Gasteiger partial charge in [-0.05, 0) is 92.3 Å². The minimum atomic E-state index is -0.0536. The molecule has 4 aliphatic carbocycles. The van der Waals surface area contributed by atoms with Crippen molar-refractivity contribution in [3.8, 4) is 0 Å². The lowest BCUT2D eigenvalue weighted by atomic mass is 9.45. The van der Waals surface area contributed by atoms with Gasteiger partial charge in [-0.1, -0.05) is 13.8 Å². The zero-order valence-corrected chi connectivity index (χ0v) is 13.7. The molecule has 4 fully saturated rings. The molecule has 21 heavy (non-hydrogen) atoms. The van der Waals surface area contributed by atoms with Crippen LogP contribution in [0.15, 0.2) is 0 Å². The van der Waals surface area contributed by atoms with Crippen molar-refractivity contribution < 1.29 is 10.2 Å². The van der Waals surface area contributed by atoms with Crippen molar-refractivity contribution in [1.82, 2.24) is 0 Å². The number of hydrogen-bond donors (Lipinski definition) is 2. The molecule has 0 bridgehead atoms. The molecule has 0 unspecified atom stereocenters. The summed E-state index contributed by atoms with van der Waals surface area (Å²) in [4.78, 5) is 0. The Morgan fingerprint density at radius 1 is 0.762 bits per heavy atom. The minimum absolute atomic E-state index is 0.0400. The molecule has 2 N–H and O–H groups in total. The highest BCUT2D eigenvalue weighted by Gasteiger charge is 2.59. The van der Waals surface area contributed by atoms with Crippen molar-refractivity contribution >= 4 is 0 Å². The van der Waals surface area contributed by atoms with E-state index in [0.29, 0.717) is 5.41 Å². The van der Waals surface area contributed by atoms with Crippen LogP contribution in [0.1, 0.15) is 71.6 Å². The Morgan fingerprint density at radius 2 is 1.48 bits per heavy atom. The van der Waals surface area contributed by atoms with E-state index in [1.165, 1.54) is 38.5 Å². The van der Waals surface area contributed by atoms with Crippen LogP contribution in [0, 0.1) is 34.5 Å². The van der Waals surface area contributed by atoms with Crippen LogP contribution in [0.25, 0.3) is 0 Å². The highest BCUT2D eigenvalue weighted by atomic mass is 16.3. The fraction of sp³-hybridized carbons (Fsp3) is 1.00. The van der Waals surface area contributed by atoms with Crippen molar-refractivity contribution in [3.05, 3.63) is 0 Å². The Hall–Kier alpha value is -0.0800. The number of aliphatic hydroxyl groups is 2. The topological polar surface area (TPSA) is 40.5 Å². The molecule has 0 spiro atoms. The molecule has 0 heterocycles. The van der Waals surface area contributed by atoms with E-state index in [1.807, 2.05) is 0 Å². The van der Waals surface area contributed by atoms with Crippen molar-refractivity contribution in [2.24, 2.45) is 34.5 Å². The van der Waals surface area contributed by atoms with Gasteiger partial charge in [0.25, 0.3) is 0 Å². The summed E-state index contributed by atoms with van der Waals surface area (Å²) in [5.74, 6) is 3.21. The third-order valence-corrected chi connectivity index (χ3v) is 8.59. The first-order chi connectivity index (χ1) is 9.95. The quantitative estimate of drug-likeness (QED) is 0.714. The molecule has 4 aliphatic rings. The van der Waals surface area contributed by atoms with Gasteiger partial charge in [-0.15, -0.1) is 0 Å². The van der Waals surface area contributed by atoms with E-state index in [4.69, 9.17) is 0 Å². The molecule has 0 aromatic carbocycles. The maximum absolute atomic E-state index is 10.5. The molecule has 2 heteroatoms.